The van der Waals surface area contributed by atoms with Gasteiger partial charge >= 0.3 is 23.2 Å². The number of hydrogen-bond donors (Lipinski definition) is 4. The summed E-state index contributed by atoms with van der Waals surface area (Å²) in [5.74, 6) is 0. The lowest BCUT2D eigenvalue weighted by Gasteiger charge is -2.13. The molecule has 12 heteroatoms. The van der Waals surface area contributed by atoms with Gasteiger partial charge in [0.1, 0.15) is 0 Å². The van der Waals surface area contributed by atoms with Crippen molar-refractivity contribution in [2.24, 2.45) is 0 Å². The summed E-state index contributed by atoms with van der Waals surface area (Å²) < 4.78 is 37.7. The second-order valence-corrected chi connectivity index (χ2v) is 6.76. The molecule has 2 unspecified atom stereocenters. The van der Waals surface area contributed by atoms with Crippen LogP contribution in [-0.2, 0) is 22.3 Å². The van der Waals surface area contributed by atoms with Crippen molar-refractivity contribution in [3.8, 4) is 0 Å². The van der Waals surface area contributed by atoms with Crippen molar-refractivity contribution in [1.82, 2.24) is 0 Å². The van der Waals surface area contributed by atoms with Crippen LogP contribution in [-0.4, -0.2) is 26.2 Å². The molecular formula is C2H11O9P3. The number of rotatable bonds is 4. The predicted octanol–water partition coefficient (Wildman–Crippen LogP) is 0.664. The van der Waals surface area contributed by atoms with E-state index in [1.165, 1.54) is 0 Å². The Morgan fingerprint density at radius 3 is 1.50 bits per heavy atom. The minimum Gasteiger partial charge on any atom is -0.324 e. The zero-order chi connectivity index (χ0) is 10.9. The molecule has 88 valence electrons. The normalized spacial score (nSPS) is 20.4. The minimum atomic E-state index is -5.24. The Morgan fingerprint density at radius 2 is 1.29 bits per heavy atom. The molecule has 0 bridgehead atoms. The third kappa shape index (κ3) is 10.5. The van der Waals surface area contributed by atoms with Crippen molar-refractivity contribution in [3.63, 3.8) is 0 Å². The van der Waals surface area contributed by atoms with Gasteiger partial charge in [0.2, 0.25) is 0 Å². The molecule has 0 heterocycles. The predicted molar refractivity (Wildman–Crippen MR) is 46.5 cm³/mol. The van der Waals surface area contributed by atoms with E-state index < -0.39 is 23.2 Å². The minimum absolute atomic E-state index is 0. The first-order chi connectivity index (χ1) is 5.41. The summed E-state index contributed by atoms with van der Waals surface area (Å²) in [6, 6.07) is 0. The van der Waals surface area contributed by atoms with Crippen LogP contribution >= 0.6 is 23.2 Å². The molecule has 4 N–H and O–H groups in total. The molecule has 0 saturated carbocycles. The van der Waals surface area contributed by atoms with E-state index in [1.54, 1.807) is 0 Å². The largest absolute Gasteiger partial charge is 0.488 e. The number of hydrogen-bond acceptors (Lipinski definition) is 5. The van der Waals surface area contributed by atoms with Crippen LogP contribution in [0.5, 0.6) is 0 Å². The van der Waals surface area contributed by atoms with E-state index in [2.05, 4.69) is 8.62 Å². The third-order valence-electron chi connectivity index (χ3n) is 0.464. The molecule has 0 spiro atoms. The van der Waals surface area contributed by atoms with E-state index in [-0.39, 0.29) is 7.43 Å². The molecule has 0 aliphatic heterocycles. The van der Waals surface area contributed by atoms with Crippen LogP contribution in [0.3, 0.4) is 0 Å². The monoisotopic (exact) mass is 272 g/mol. The van der Waals surface area contributed by atoms with Gasteiger partial charge in [-0.25, -0.2) is 13.4 Å². The van der Waals surface area contributed by atoms with Crippen molar-refractivity contribution in [2.75, 3.05) is 6.66 Å². The van der Waals surface area contributed by atoms with Crippen molar-refractivity contribution in [3.05, 3.63) is 0 Å². The maximum absolute atomic E-state index is 10.5. The lowest BCUT2D eigenvalue weighted by Crippen LogP contribution is -1.91. The van der Waals surface area contributed by atoms with Gasteiger partial charge in [0, 0.05) is 6.66 Å². The van der Waals surface area contributed by atoms with Gasteiger partial charge in [-0.3, -0.25) is 4.57 Å². The SMILES string of the molecule is C.CP(=O)(O)OP(=O)(O)OP(=O)(O)O. The Kier molecular flexibility index (Phi) is 6.01. The zero-order valence-electron chi connectivity index (χ0n) is 6.17. The van der Waals surface area contributed by atoms with Gasteiger partial charge in [-0.2, -0.15) is 4.31 Å². The van der Waals surface area contributed by atoms with Gasteiger partial charge in [-0.1, -0.05) is 7.43 Å². The Labute approximate surface area is 80.1 Å². The van der Waals surface area contributed by atoms with Crippen LogP contribution in [0.15, 0.2) is 0 Å². The maximum atomic E-state index is 10.5. The highest BCUT2D eigenvalue weighted by Crippen LogP contribution is 2.64. The van der Waals surface area contributed by atoms with Crippen LogP contribution < -0.4 is 0 Å². The fourth-order valence-electron chi connectivity index (χ4n) is 0.341. The topological polar surface area (TPSA) is 151 Å². The maximum Gasteiger partial charge on any atom is 0.488 e. The van der Waals surface area contributed by atoms with E-state index in [1.807, 2.05) is 0 Å². The van der Waals surface area contributed by atoms with Gasteiger partial charge in [0.15, 0.2) is 0 Å². The fraction of sp³-hybridized carbons (Fsp3) is 1.00. The lowest BCUT2D eigenvalue weighted by atomic mass is 12.0. The lowest BCUT2D eigenvalue weighted by molar-refractivity contribution is 0.224. The quantitative estimate of drug-likeness (QED) is 0.541. The summed E-state index contributed by atoms with van der Waals surface area (Å²) in [6.45, 7) is 0.554. The molecule has 0 radical (unpaired) electrons. The first-order valence-electron chi connectivity index (χ1n) is 2.53. The smallest absolute Gasteiger partial charge is 0.324 e. The van der Waals surface area contributed by atoms with Crippen molar-refractivity contribution >= 4 is 23.2 Å². The molecule has 0 aromatic carbocycles. The summed E-state index contributed by atoms with van der Waals surface area (Å²) >= 11 is 0. The first-order valence-corrected chi connectivity index (χ1v) is 7.58. The van der Waals surface area contributed by atoms with E-state index in [9.17, 15) is 13.7 Å². The summed E-state index contributed by atoms with van der Waals surface area (Å²) in [4.78, 5) is 33.0. The van der Waals surface area contributed by atoms with Crippen LogP contribution in [0.4, 0.5) is 0 Å². The summed E-state index contributed by atoms with van der Waals surface area (Å²) in [6.07, 6.45) is 0. The molecule has 14 heavy (non-hydrogen) atoms. The third-order valence-corrected chi connectivity index (χ3v) is 4.18. The fourth-order valence-corrected chi connectivity index (χ4v) is 3.34. The second-order valence-electron chi connectivity index (χ2n) is 1.93. The van der Waals surface area contributed by atoms with E-state index in [4.69, 9.17) is 19.6 Å². The Bertz CT molecular complexity index is 280. The van der Waals surface area contributed by atoms with E-state index in [0.717, 1.165) is 0 Å². The number of phosphoric acid groups is 2. The molecule has 0 aromatic heterocycles. The molecule has 2 atom stereocenters. The van der Waals surface area contributed by atoms with Crippen LogP contribution in [0.2, 0.25) is 0 Å². The standard InChI is InChI=1S/CH7O9P3.CH4/c1-11(2,3)9-13(7,8)10-12(4,5)6;/h1H3,(H,2,3)(H,7,8)(H2,4,5,6);1H4. The van der Waals surface area contributed by atoms with Gasteiger partial charge in [0.25, 0.3) is 0 Å². The van der Waals surface area contributed by atoms with Crippen LogP contribution in [0.25, 0.3) is 0 Å². The van der Waals surface area contributed by atoms with Gasteiger partial charge < -0.3 is 19.6 Å². The molecular weight excluding hydrogens is 261 g/mol. The van der Waals surface area contributed by atoms with Crippen molar-refractivity contribution < 1.29 is 41.9 Å². The molecule has 0 amide bonds. The highest BCUT2D eigenvalue weighted by atomic mass is 31.3. The average molecular weight is 272 g/mol. The zero-order valence-corrected chi connectivity index (χ0v) is 8.86. The van der Waals surface area contributed by atoms with Gasteiger partial charge in [-0.15, -0.1) is 0 Å². The van der Waals surface area contributed by atoms with Crippen LogP contribution in [0, 0.1) is 0 Å². The molecule has 0 aromatic rings. The molecule has 0 aliphatic carbocycles. The molecule has 0 rings (SSSR count). The Hall–Kier alpha value is 0.450. The first kappa shape index (κ1) is 16.9. The van der Waals surface area contributed by atoms with E-state index in [0.29, 0.717) is 6.66 Å². The highest BCUT2D eigenvalue weighted by molar-refractivity contribution is 7.67. The van der Waals surface area contributed by atoms with Crippen LogP contribution in [0.1, 0.15) is 7.43 Å². The summed E-state index contributed by atoms with van der Waals surface area (Å²) in [5, 5.41) is 0. The molecule has 0 aliphatic rings. The van der Waals surface area contributed by atoms with Crippen molar-refractivity contribution in [2.45, 2.75) is 7.43 Å². The molecule has 0 fully saturated rings. The highest BCUT2D eigenvalue weighted by Gasteiger charge is 2.37. The van der Waals surface area contributed by atoms with E-state index >= 15 is 0 Å². The average Bonchev–Trinajstić information content (AvgIpc) is 1.43. The second kappa shape index (κ2) is 4.99. The molecule has 0 saturated heterocycles. The van der Waals surface area contributed by atoms with Gasteiger partial charge in [-0.05, 0) is 0 Å². The Morgan fingerprint density at radius 1 is 0.929 bits per heavy atom. The summed E-state index contributed by atoms with van der Waals surface area (Å²) in [7, 11) is -14.8. The molecule has 9 nitrogen and oxygen atoms in total. The van der Waals surface area contributed by atoms with Gasteiger partial charge in [0.05, 0.1) is 0 Å². The Balaban J connectivity index is 0. The summed E-state index contributed by atoms with van der Waals surface area (Å²) in [5.41, 5.74) is 0. The van der Waals surface area contributed by atoms with Crippen molar-refractivity contribution in [1.29, 1.82) is 0 Å².